The summed E-state index contributed by atoms with van der Waals surface area (Å²) in [5.74, 6) is 0.320. The zero-order valence-corrected chi connectivity index (χ0v) is 12.4. The quantitative estimate of drug-likeness (QED) is 0.860. The highest BCUT2D eigenvalue weighted by Gasteiger charge is 2.25. The van der Waals surface area contributed by atoms with Gasteiger partial charge in [-0.05, 0) is 38.8 Å². The summed E-state index contributed by atoms with van der Waals surface area (Å²) in [6.07, 6.45) is 11.3. The van der Waals surface area contributed by atoms with Crippen molar-refractivity contribution < 1.29 is 4.79 Å². The average Bonchev–Trinajstić information content (AvgIpc) is 2.48. The Hall–Kier alpha value is -1.76. The van der Waals surface area contributed by atoms with Crippen molar-refractivity contribution >= 4 is 5.91 Å². The van der Waals surface area contributed by atoms with Crippen molar-refractivity contribution in [2.75, 3.05) is 6.54 Å². The summed E-state index contributed by atoms with van der Waals surface area (Å²) in [7, 11) is 0. The Morgan fingerprint density at radius 2 is 2.10 bits per heavy atom. The van der Waals surface area contributed by atoms with Crippen LogP contribution < -0.4 is 5.32 Å². The number of hydrogen-bond donors (Lipinski definition) is 1. The predicted molar refractivity (Wildman–Crippen MR) is 78.3 cm³/mol. The maximum atomic E-state index is 12.1. The van der Waals surface area contributed by atoms with Gasteiger partial charge in [0, 0.05) is 24.4 Å². The Bertz CT molecular complexity index is 465. The molecule has 1 fully saturated rings. The van der Waals surface area contributed by atoms with E-state index in [1.54, 1.807) is 0 Å². The lowest BCUT2D eigenvalue weighted by molar-refractivity contribution is -0.125. The molecule has 1 saturated carbocycles. The highest BCUT2D eigenvalue weighted by atomic mass is 16.1. The lowest BCUT2D eigenvalue weighted by Gasteiger charge is -2.33. The molecule has 1 amide bonds. The van der Waals surface area contributed by atoms with Crippen LogP contribution in [0, 0.1) is 17.2 Å². The van der Waals surface area contributed by atoms with E-state index in [0.29, 0.717) is 6.54 Å². The SMILES string of the molecule is CC(C)(C#N)N1C=CC(NC(=O)C2CCCCC2)=CC1. The second-order valence-electron chi connectivity index (χ2n) is 6.12. The van der Waals surface area contributed by atoms with E-state index in [9.17, 15) is 4.79 Å². The highest BCUT2D eigenvalue weighted by Crippen LogP contribution is 2.24. The Kier molecular flexibility index (Phi) is 4.49. The molecular formula is C16H23N3O. The number of carbonyl (C=O) groups is 1. The van der Waals surface area contributed by atoms with E-state index >= 15 is 0 Å². The summed E-state index contributed by atoms with van der Waals surface area (Å²) in [5.41, 5.74) is 0.330. The molecule has 0 aromatic rings. The molecule has 1 heterocycles. The van der Waals surface area contributed by atoms with Gasteiger partial charge in [0.1, 0.15) is 5.54 Å². The molecule has 1 aliphatic carbocycles. The Morgan fingerprint density at radius 3 is 2.65 bits per heavy atom. The van der Waals surface area contributed by atoms with E-state index in [1.165, 1.54) is 6.42 Å². The van der Waals surface area contributed by atoms with Crippen LogP contribution in [-0.2, 0) is 4.79 Å². The van der Waals surface area contributed by atoms with Crippen molar-refractivity contribution in [3.05, 3.63) is 24.0 Å². The minimum atomic E-state index is -0.522. The van der Waals surface area contributed by atoms with Crippen molar-refractivity contribution in [2.45, 2.75) is 51.5 Å². The van der Waals surface area contributed by atoms with Crippen molar-refractivity contribution in [3.8, 4) is 6.07 Å². The standard InChI is InChI=1S/C16H23N3O/c1-16(2,12-17)19-10-8-14(9-11-19)18-15(20)13-6-4-3-5-7-13/h8-10,13H,3-7,11H2,1-2H3,(H,18,20). The minimum absolute atomic E-state index is 0.147. The fraction of sp³-hybridized carbons (Fsp3) is 0.625. The first-order chi connectivity index (χ1) is 9.53. The molecule has 0 bridgehead atoms. The largest absolute Gasteiger partial charge is 0.356 e. The van der Waals surface area contributed by atoms with Gasteiger partial charge in [-0.1, -0.05) is 19.3 Å². The first kappa shape index (κ1) is 14.6. The summed E-state index contributed by atoms with van der Waals surface area (Å²) in [6, 6.07) is 2.28. The molecule has 2 rings (SSSR count). The number of allylic oxidation sites excluding steroid dienone is 1. The van der Waals surface area contributed by atoms with Crippen LogP contribution in [0.15, 0.2) is 24.0 Å². The van der Waals surface area contributed by atoms with Gasteiger partial charge in [0.05, 0.1) is 6.07 Å². The molecule has 0 radical (unpaired) electrons. The van der Waals surface area contributed by atoms with Gasteiger partial charge in [-0.2, -0.15) is 5.26 Å². The number of rotatable bonds is 3. The molecule has 4 nitrogen and oxygen atoms in total. The van der Waals surface area contributed by atoms with Crippen LogP contribution >= 0.6 is 0 Å². The van der Waals surface area contributed by atoms with Crippen molar-refractivity contribution in [1.82, 2.24) is 10.2 Å². The zero-order valence-electron chi connectivity index (χ0n) is 12.4. The van der Waals surface area contributed by atoms with Crippen LogP contribution in [-0.4, -0.2) is 22.9 Å². The second-order valence-corrected chi connectivity index (χ2v) is 6.12. The van der Waals surface area contributed by atoms with Crippen molar-refractivity contribution in [1.29, 1.82) is 5.26 Å². The molecule has 20 heavy (non-hydrogen) atoms. The van der Waals surface area contributed by atoms with E-state index in [0.717, 1.165) is 31.4 Å². The first-order valence-corrected chi connectivity index (χ1v) is 7.40. The third kappa shape index (κ3) is 3.41. The monoisotopic (exact) mass is 273 g/mol. The highest BCUT2D eigenvalue weighted by molar-refractivity contribution is 5.80. The van der Waals surface area contributed by atoms with Crippen LogP contribution in [0.25, 0.3) is 0 Å². The number of amides is 1. The van der Waals surface area contributed by atoms with Crippen LogP contribution in [0.5, 0.6) is 0 Å². The van der Waals surface area contributed by atoms with E-state index in [-0.39, 0.29) is 11.8 Å². The molecule has 1 N–H and O–H groups in total. The van der Waals surface area contributed by atoms with Crippen molar-refractivity contribution in [3.63, 3.8) is 0 Å². The van der Waals surface area contributed by atoms with Crippen LogP contribution in [0.2, 0.25) is 0 Å². The Morgan fingerprint density at radius 1 is 1.40 bits per heavy atom. The molecule has 0 unspecified atom stereocenters. The normalized spacial score (nSPS) is 20.2. The molecule has 2 aliphatic rings. The lowest BCUT2D eigenvalue weighted by Crippen LogP contribution is -2.41. The molecular weight excluding hydrogens is 250 g/mol. The summed E-state index contributed by atoms with van der Waals surface area (Å²) in [4.78, 5) is 14.1. The molecule has 0 saturated heterocycles. The minimum Gasteiger partial charge on any atom is -0.356 e. The van der Waals surface area contributed by atoms with Crippen LogP contribution in [0.1, 0.15) is 46.0 Å². The number of nitrogens with one attached hydrogen (secondary N) is 1. The number of nitrogens with zero attached hydrogens (tertiary/aromatic N) is 2. The topological polar surface area (TPSA) is 56.1 Å². The summed E-state index contributed by atoms with van der Waals surface area (Å²) < 4.78 is 0. The van der Waals surface area contributed by atoms with Crippen LogP contribution in [0.3, 0.4) is 0 Å². The predicted octanol–water partition coefficient (Wildman–Crippen LogP) is 2.70. The smallest absolute Gasteiger partial charge is 0.227 e. The summed E-state index contributed by atoms with van der Waals surface area (Å²) >= 11 is 0. The number of nitriles is 1. The zero-order chi connectivity index (χ0) is 14.6. The van der Waals surface area contributed by atoms with E-state index in [1.807, 2.05) is 37.1 Å². The van der Waals surface area contributed by atoms with Gasteiger partial charge in [0.15, 0.2) is 0 Å². The fourth-order valence-electron chi connectivity index (χ4n) is 2.68. The van der Waals surface area contributed by atoms with Gasteiger partial charge < -0.3 is 10.2 Å². The van der Waals surface area contributed by atoms with Gasteiger partial charge in [-0.3, -0.25) is 4.79 Å². The lowest BCUT2D eigenvalue weighted by atomic mass is 9.88. The van der Waals surface area contributed by atoms with Gasteiger partial charge in [0.2, 0.25) is 5.91 Å². The maximum absolute atomic E-state index is 12.1. The molecule has 0 spiro atoms. The molecule has 0 aromatic heterocycles. The molecule has 4 heteroatoms. The molecule has 1 aliphatic heterocycles. The summed E-state index contributed by atoms with van der Waals surface area (Å²) in [6.45, 7) is 4.42. The maximum Gasteiger partial charge on any atom is 0.227 e. The first-order valence-electron chi connectivity index (χ1n) is 7.40. The molecule has 108 valence electrons. The van der Waals surface area contributed by atoms with Gasteiger partial charge in [0.25, 0.3) is 0 Å². The third-order valence-corrected chi connectivity index (χ3v) is 4.18. The summed E-state index contributed by atoms with van der Waals surface area (Å²) in [5, 5.41) is 12.1. The van der Waals surface area contributed by atoms with E-state index < -0.39 is 5.54 Å². The van der Waals surface area contributed by atoms with Gasteiger partial charge >= 0.3 is 0 Å². The molecule has 0 aromatic carbocycles. The Balaban J connectivity index is 1.89. The van der Waals surface area contributed by atoms with Gasteiger partial charge in [-0.25, -0.2) is 0 Å². The molecule has 0 atom stereocenters. The third-order valence-electron chi connectivity index (χ3n) is 4.18. The van der Waals surface area contributed by atoms with E-state index in [2.05, 4.69) is 11.4 Å². The van der Waals surface area contributed by atoms with Crippen LogP contribution in [0.4, 0.5) is 0 Å². The fourth-order valence-corrected chi connectivity index (χ4v) is 2.68. The number of hydrogen-bond acceptors (Lipinski definition) is 3. The van der Waals surface area contributed by atoms with Crippen molar-refractivity contribution in [2.24, 2.45) is 5.92 Å². The Labute approximate surface area is 121 Å². The van der Waals surface area contributed by atoms with Gasteiger partial charge in [-0.15, -0.1) is 0 Å². The number of carbonyl (C=O) groups excluding carboxylic acids is 1. The second kappa shape index (κ2) is 6.13. The average molecular weight is 273 g/mol. The van der Waals surface area contributed by atoms with E-state index in [4.69, 9.17) is 5.26 Å².